The van der Waals surface area contributed by atoms with Gasteiger partial charge in [0.15, 0.2) is 10.3 Å². The summed E-state index contributed by atoms with van der Waals surface area (Å²) < 4.78 is 0. The SMILES string of the molecule is CCC(=O)NC1CCN(C(=O)c2cc(Cl)nnc2Cl)CC1. The molecule has 0 radical (unpaired) electrons. The molecule has 2 amide bonds. The normalized spacial score (nSPS) is 15.9. The molecule has 1 aliphatic rings. The van der Waals surface area contributed by atoms with Crippen LogP contribution in [-0.2, 0) is 4.79 Å². The first-order chi connectivity index (χ1) is 10.0. The van der Waals surface area contributed by atoms with Crippen LogP contribution in [0.15, 0.2) is 6.07 Å². The number of aromatic nitrogens is 2. The molecule has 2 heterocycles. The van der Waals surface area contributed by atoms with Gasteiger partial charge in [0.05, 0.1) is 5.56 Å². The van der Waals surface area contributed by atoms with Gasteiger partial charge in [-0.3, -0.25) is 9.59 Å². The maximum atomic E-state index is 12.4. The summed E-state index contributed by atoms with van der Waals surface area (Å²) in [5.74, 6) is -0.176. The number of carbonyl (C=O) groups is 2. The first-order valence-electron chi connectivity index (χ1n) is 6.78. The summed E-state index contributed by atoms with van der Waals surface area (Å²) in [7, 11) is 0. The Hall–Kier alpha value is -1.40. The Morgan fingerprint density at radius 3 is 2.62 bits per heavy atom. The van der Waals surface area contributed by atoms with Gasteiger partial charge in [-0.1, -0.05) is 30.1 Å². The molecular formula is C13H16Cl2N4O2. The lowest BCUT2D eigenvalue weighted by Crippen LogP contribution is -2.46. The molecule has 0 aromatic carbocycles. The highest BCUT2D eigenvalue weighted by Crippen LogP contribution is 2.20. The van der Waals surface area contributed by atoms with Crippen LogP contribution in [0.1, 0.15) is 36.5 Å². The largest absolute Gasteiger partial charge is 0.353 e. The second-order valence-electron chi connectivity index (χ2n) is 4.86. The third-order valence-corrected chi connectivity index (χ3v) is 3.88. The van der Waals surface area contributed by atoms with Crippen molar-refractivity contribution in [3.05, 3.63) is 21.9 Å². The zero-order valence-electron chi connectivity index (χ0n) is 11.6. The highest BCUT2D eigenvalue weighted by atomic mass is 35.5. The molecular weight excluding hydrogens is 315 g/mol. The Morgan fingerprint density at radius 1 is 1.33 bits per heavy atom. The van der Waals surface area contributed by atoms with Gasteiger partial charge in [0.2, 0.25) is 5.91 Å². The van der Waals surface area contributed by atoms with Gasteiger partial charge in [-0.15, -0.1) is 10.2 Å². The molecule has 0 unspecified atom stereocenters. The quantitative estimate of drug-likeness (QED) is 0.918. The molecule has 1 aromatic rings. The highest BCUT2D eigenvalue weighted by molar-refractivity contribution is 6.34. The van der Waals surface area contributed by atoms with E-state index >= 15 is 0 Å². The Bertz CT molecular complexity index is 545. The fraction of sp³-hybridized carbons (Fsp3) is 0.538. The van der Waals surface area contributed by atoms with Crippen molar-refractivity contribution in [1.29, 1.82) is 0 Å². The molecule has 0 atom stereocenters. The van der Waals surface area contributed by atoms with Gasteiger partial charge in [-0.25, -0.2) is 0 Å². The van der Waals surface area contributed by atoms with Crippen molar-refractivity contribution in [3.63, 3.8) is 0 Å². The molecule has 6 nitrogen and oxygen atoms in total. The molecule has 0 bridgehead atoms. The molecule has 2 rings (SSSR count). The Morgan fingerprint density at radius 2 is 2.00 bits per heavy atom. The number of hydrogen-bond donors (Lipinski definition) is 1. The lowest BCUT2D eigenvalue weighted by molar-refractivity contribution is -0.121. The molecule has 1 aromatic heterocycles. The maximum absolute atomic E-state index is 12.4. The van der Waals surface area contributed by atoms with Crippen molar-refractivity contribution in [2.45, 2.75) is 32.2 Å². The predicted octanol–water partition coefficient (Wildman–Crippen LogP) is 1.91. The average molecular weight is 331 g/mol. The number of halogens is 2. The molecule has 1 saturated heterocycles. The second kappa shape index (κ2) is 7.04. The minimum absolute atomic E-state index is 0.0351. The molecule has 21 heavy (non-hydrogen) atoms. The molecule has 114 valence electrons. The zero-order valence-corrected chi connectivity index (χ0v) is 13.1. The van der Waals surface area contributed by atoms with Crippen LogP contribution in [0.25, 0.3) is 0 Å². The van der Waals surface area contributed by atoms with Crippen molar-refractivity contribution < 1.29 is 9.59 Å². The summed E-state index contributed by atoms with van der Waals surface area (Å²) in [6.07, 6.45) is 1.92. The van der Waals surface area contributed by atoms with E-state index in [1.165, 1.54) is 6.07 Å². The lowest BCUT2D eigenvalue weighted by atomic mass is 10.0. The van der Waals surface area contributed by atoms with Crippen LogP contribution in [0.4, 0.5) is 0 Å². The minimum atomic E-state index is -0.211. The van der Waals surface area contributed by atoms with Crippen LogP contribution in [-0.4, -0.2) is 46.0 Å². The maximum Gasteiger partial charge on any atom is 0.257 e. The van der Waals surface area contributed by atoms with Crippen molar-refractivity contribution in [2.24, 2.45) is 0 Å². The van der Waals surface area contributed by atoms with E-state index in [1.807, 2.05) is 6.92 Å². The first kappa shape index (κ1) is 16.0. The van der Waals surface area contributed by atoms with E-state index in [-0.39, 0.29) is 33.7 Å². The van der Waals surface area contributed by atoms with Crippen LogP contribution in [0.5, 0.6) is 0 Å². The summed E-state index contributed by atoms with van der Waals surface area (Å²) in [5.41, 5.74) is 0.257. The van der Waals surface area contributed by atoms with E-state index in [0.717, 1.165) is 12.8 Å². The summed E-state index contributed by atoms with van der Waals surface area (Å²) in [5, 5.41) is 10.3. The standard InChI is InChI=1S/C13H16Cl2N4O2/c1-2-11(20)16-8-3-5-19(6-4-8)13(21)9-7-10(14)17-18-12(9)15/h7-8H,2-6H2,1H3,(H,16,20). The molecule has 8 heteroatoms. The van der Waals surface area contributed by atoms with E-state index in [4.69, 9.17) is 23.2 Å². The van der Waals surface area contributed by atoms with Gasteiger partial charge in [0, 0.05) is 25.6 Å². The van der Waals surface area contributed by atoms with Crippen molar-refractivity contribution >= 4 is 35.0 Å². The molecule has 1 N–H and O–H groups in total. The van der Waals surface area contributed by atoms with Crippen LogP contribution >= 0.6 is 23.2 Å². The highest BCUT2D eigenvalue weighted by Gasteiger charge is 2.26. The Kier molecular flexibility index (Phi) is 5.36. The van der Waals surface area contributed by atoms with E-state index in [2.05, 4.69) is 15.5 Å². The average Bonchev–Trinajstić information content (AvgIpc) is 2.49. The number of rotatable bonds is 3. The summed E-state index contributed by atoms with van der Waals surface area (Å²) in [6, 6.07) is 1.54. The Labute approximate surface area is 132 Å². The molecule has 0 spiro atoms. The third kappa shape index (κ3) is 4.04. The second-order valence-corrected chi connectivity index (χ2v) is 5.60. The van der Waals surface area contributed by atoms with Gasteiger partial charge in [-0.2, -0.15) is 0 Å². The fourth-order valence-corrected chi connectivity index (χ4v) is 2.55. The van der Waals surface area contributed by atoms with E-state index in [1.54, 1.807) is 4.90 Å². The smallest absolute Gasteiger partial charge is 0.257 e. The summed E-state index contributed by atoms with van der Waals surface area (Å²) >= 11 is 11.6. The van der Waals surface area contributed by atoms with Gasteiger partial charge in [0.1, 0.15) is 0 Å². The fourth-order valence-electron chi connectivity index (χ4n) is 2.23. The number of amides is 2. The molecule has 0 aliphatic carbocycles. The number of carbonyl (C=O) groups excluding carboxylic acids is 2. The van der Waals surface area contributed by atoms with Crippen LogP contribution in [0.3, 0.4) is 0 Å². The molecule has 0 saturated carbocycles. The number of nitrogens with zero attached hydrogens (tertiary/aromatic N) is 3. The third-order valence-electron chi connectivity index (χ3n) is 3.42. The number of piperidine rings is 1. The van der Waals surface area contributed by atoms with E-state index in [0.29, 0.717) is 19.5 Å². The molecule has 1 fully saturated rings. The van der Waals surface area contributed by atoms with E-state index < -0.39 is 0 Å². The number of nitrogens with one attached hydrogen (secondary N) is 1. The van der Waals surface area contributed by atoms with Gasteiger partial charge in [0.25, 0.3) is 5.91 Å². The summed E-state index contributed by atoms with van der Waals surface area (Å²) in [6.45, 7) is 2.93. The van der Waals surface area contributed by atoms with Crippen molar-refractivity contribution in [2.75, 3.05) is 13.1 Å². The van der Waals surface area contributed by atoms with Crippen molar-refractivity contribution in [3.8, 4) is 0 Å². The minimum Gasteiger partial charge on any atom is -0.353 e. The first-order valence-corrected chi connectivity index (χ1v) is 7.54. The Balaban J connectivity index is 1.97. The summed E-state index contributed by atoms with van der Waals surface area (Å²) in [4.78, 5) is 25.4. The predicted molar refractivity (Wildman–Crippen MR) is 79.4 cm³/mol. The van der Waals surface area contributed by atoms with Gasteiger partial charge >= 0.3 is 0 Å². The lowest BCUT2D eigenvalue weighted by Gasteiger charge is -2.32. The topological polar surface area (TPSA) is 75.2 Å². The molecule has 1 aliphatic heterocycles. The number of hydrogen-bond acceptors (Lipinski definition) is 4. The van der Waals surface area contributed by atoms with Crippen LogP contribution in [0, 0.1) is 0 Å². The van der Waals surface area contributed by atoms with Gasteiger partial charge < -0.3 is 10.2 Å². The van der Waals surface area contributed by atoms with Crippen LogP contribution in [0.2, 0.25) is 10.3 Å². The zero-order chi connectivity index (χ0) is 15.4. The van der Waals surface area contributed by atoms with Crippen molar-refractivity contribution in [1.82, 2.24) is 20.4 Å². The van der Waals surface area contributed by atoms with E-state index in [9.17, 15) is 9.59 Å². The number of likely N-dealkylation sites (tertiary alicyclic amines) is 1. The van der Waals surface area contributed by atoms with Crippen LogP contribution < -0.4 is 5.32 Å². The van der Waals surface area contributed by atoms with Gasteiger partial charge in [-0.05, 0) is 18.9 Å². The monoisotopic (exact) mass is 330 g/mol.